The highest BCUT2D eigenvalue weighted by Gasteiger charge is 2.53. The summed E-state index contributed by atoms with van der Waals surface area (Å²) in [4.78, 5) is 0. The third kappa shape index (κ3) is 3.51. The normalized spacial score (nSPS) is 19.4. The van der Waals surface area contributed by atoms with Crippen molar-refractivity contribution in [1.29, 1.82) is 0 Å². The molecule has 0 bridgehead atoms. The molecule has 2 aromatic carbocycles. The highest BCUT2D eigenvalue weighted by atomic mass is 16.7. The predicted octanol–water partition coefficient (Wildman–Crippen LogP) is 5.95. The van der Waals surface area contributed by atoms with Crippen LogP contribution in [-0.4, -0.2) is 18.3 Å². The van der Waals surface area contributed by atoms with Crippen molar-refractivity contribution >= 4 is 18.2 Å². The Balaban J connectivity index is 2.17. The molecule has 1 aliphatic heterocycles. The lowest BCUT2D eigenvalue weighted by Crippen LogP contribution is -2.41. The van der Waals surface area contributed by atoms with Crippen LogP contribution in [0.4, 0.5) is 0 Å². The fraction of sp³-hybridized carbons (Fsp3) is 0.391. The molecule has 26 heavy (non-hydrogen) atoms. The maximum atomic E-state index is 6.44. The van der Waals surface area contributed by atoms with E-state index in [9.17, 15) is 0 Å². The lowest BCUT2D eigenvalue weighted by molar-refractivity contribution is 0.00578. The fourth-order valence-corrected chi connectivity index (χ4v) is 3.34. The minimum atomic E-state index is -0.377. The molecular weight excluding hydrogens is 319 g/mol. The van der Waals surface area contributed by atoms with Crippen molar-refractivity contribution in [2.75, 3.05) is 0 Å². The molecule has 0 N–H and O–H groups in total. The van der Waals surface area contributed by atoms with Crippen LogP contribution < -0.4 is 0 Å². The van der Waals surface area contributed by atoms with Gasteiger partial charge in [-0.05, 0) is 63.2 Å². The third-order valence-corrected chi connectivity index (χ3v) is 5.65. The van der Waals surface area contributed by atoms with Gasteiger partial charge in [0.25, 0.3) is 0 Å². The number of hydrogen-bond acceptors (Lipinski definition) is 2. The van der Waals surface area contributed by atoms with Crippen LogP contribution in [0.2, 0.25) is 0 Å². The summed E-state index contributed by atoms with van der Waals surface area (Å²) in [6.07, 6.45) is 0.914. The van der Waals surface area contributed by atoms with Crippen LogP contribution in [-0.2, 0) is 9.31 Å². The molecule has 136 valence electrons. The van der Waals surface area contributed by atoms with E-state index in [1.807, 2.05) is 0 Å². The first-order valence-electron chi connectivity index (χ1n) is 9.46. The smallest absolute Gasteiger partial charge is 0.399 e. The molecule has 3 heteroatoms. The second-order valence-corrected chi connectivity index (χ2v) is 8.07. The topological polar surface area (TPSA) is 18.5 Å². The van der Waals surface area contributed by atoms with E-state index in [1.54, 1.807) is 0 Å². The standard InChI is InChI=1S/C23H29BO2/c1-7-20(18-11-9-8-10-12-18)21(19-15-13-17(2)14-16-19)24-25-22(3,4)23(5,6)26-24/h8-16H,7H2,1-6H3/b21-20-. The van der Waals surface area contributed by atoms with Gasteiger partial charge < -0.3 is 9.31 Å². The first-order chi connectivity index (χ1) is 12.2. The molecule has 0 saturated carbocycles. The fourth-order valence-electron chi connectivity index (χ4n) is 3.34. The van der Waals surface area contributed by atoms with Gasteiger partial charge >= 0.3 is 7.12 Å². The van der Waals surface area contributed by atoms with E-state index in [0.29, 0.717) is 0 Å². The van der Waals surface area contributed by atoms with Gasteiger partial charge in [-0.15, -0.1) is 0 Å². The van der Waals surface area contributed by atoms with E-state index in [0.717, 1.165) is 17.5 Å². The number of allylic oxidation sites excluding steroid dienone is 1. The molecule has 0 radical (unpaired) electrons. The minimum absolute atomic E-state index is 0.358. The number of benzene rings is 2. The minimum Gasteiger partial charge on any atom is -0.399 e. The zero-order valence-electron chi connectivity index (χ0n) is 16.8. The lowest BCUT2D eigenvalue weighted by atomic mass is 9.69. The molecule has 1 heterocycles. The van der Waals surface area contributed by atoms with Gasteiger partial charge in [-0.2, -0.15) is 0 Å². The summed E-state index contributed by atoms with van der Waals surface area (Å²) in [6, 6.07) is 19.2. The maximum Gasteiger partial charge on any atom is 0.495 e. The maximum absolute atomic E-state index is 6.44. The van der Waals surface area contributed by atoms with Crippen LogP contribution in [0.15, 0.2) is 54.6 Å². The van der Waals surface area contributed by atoms with Crippen LogP contribution in [0.1, 0.15) is 57.7 Å². The van der Waals surface area contributed by atoms with Crippen molar-refractivity contribution < 1.29 is 9.31 Å². The second kappa shape index (κ2) is 7.05. The average molecular weight is 348 g/mol. The zero-order valence-corrected chi connectivity index (χ0v) is 16.8. The highest BCUT2D eigenvalue weighted by Crippen LogP contribution is 2.43. The molecule has 3 rings (SSSR count). The van der Waals surface area contributed by atoms with E-state index in [2.05, 4.69) is 96.1 Å². The number of rotatable bonds is 4. The van der Waals surface area contributed by atoms with Crippen molar-refractivity contribution in [2.45, 2.75) is 59.2 Å². The van der Waals surface area contributed by atoms with E-state index in [-0.39, 0.29) is 18.3 Å². The summed E-state index contributed by atoms with van der Waals surface area (Å²) in [5.74, 6) is 0. The number of aryl methyl sites for hydroxylation is 1. The molecular formula is C23H29BO2. The van der Waals surface area contributed by atoms with Crippen LogP contribution in [0.3, 0.4) is 0 Å². The van der Waals surface area contributed by atoms with Gasteiger partial charge in [0, 0.05) is 0 Å². The lowest BCUT2D eigenvalue weighted by Gasteiger charge is -2.32. The Morgan fingerprint density at radius 1 is 0.808 bits per heavy atom. The summed E-state index contributed by atoms with van der Waals surface area (Å²) < 4.78 is 12.9. The van der Waals surface area contributed by atoms with Gasteiger partial charge in [-0.1, -0.05) is 67.1 Å². The van der Waals surface area contributed by atoms with Crippen molar-refractivity contribution in [3.63, 3.8) is 0 Å². The molecule has 2 aromatic rings. The molecule has 0 amide bonds. The Morgan fingerprint density at radius 2 is 1.35 bits per heavy atom. The Hall–Kier alpha value is -1.84. The molecule has 0 aliphatic carbocycles. The molecule has 1 saturated heterocycles. The number of hydrogen-bond donors (Lipinski definition) is 0. The SMILES string of the molecule is CC/C(=C(/B1OC(C)(C)C(C)(C)O1)c1ccc(C)cc1)c1ccccc1. The van der Waals surface area contributed by atoms with Crippen LogP contribution in [0.25, 0.3) is 11.0 Å². The quantitative estimate of drug-likeness (QED) is 0.502. The first kappa shape index (κ1) is 18.9. The van der Waals surface area contributed by atoms with E-state index in [1.165, 1.54) is 16.7 Å². The molecule has 0 aromatic heterocycles. The Morgan fingerprint density at radius 3 is 1.85 bits per heavy atom. The highest BCUT2D eigenvalue weighted by molar-refractivity contribution is 6.71. The average Bonchev–Trinajstić information content (AvgIpc) is 2.82. The van der Waals surface area contributed by atoms with Gasteiger partial charge in [-0.25, -0.2) is 0 Å². The van der Waals surface area contributed by atoms with Gasteiger partial charge in [0.1, 0.15) is 0 Å². The summed E-state index contributed by atoms with van der Waals surface area (Å²) in [6.45, 7) is 12.7. The second-order valence-electron chi connectivity index (χ2n) is 8.07. The van der Waals surface area contributed by atoms with Crippen molar-refractivity contribution in [3.8, 4) is 0 Å². The molecule has 0 unspecified atom stereocenters. The molecule has 1 fully saturated rings. The van der Waals surface area contributed by atoms with Gasteiger partial charge in [0.15, 0.2) is 0 Å². The van der Waals surface area contributed by atoms with Crippen LogP contribution >= 0.6 is 0 Å². The Kier molecular flexibility index (Phi) is 5.14. The summed E-state index contributed by atoms with van der Waals surface area (Å²) in [5.41, 5.74) is 5.33. The summed E-state index contributed by atoms with van der Waals surface area (Å²) in [7, 11) is -0.377. The third-order valence-electron chi connectivity index (χ3n) is 5.65. The van der Waals surface area contributed by atoms with E-state index >= 15 is 0 Å². The van der Waals surface area contributed by atoms with E-state index < -0.39 is 0 Å². The molecule has 1 aliphatic rings. The zero-order chi connectivity index (χ0) is 18.9. The molecule has 2 nitrogen and oxygen atoms in total. The van der Waals surface area contributed by atoms with Crippen LogP contribution in [0.5, 0.6) is 0 Å². The van der Waals surface area contributed by atoms with Crippen molar-refractivity contribution in [1.82, 2.24) is 0 Å². The van der Waals surface area contributed by atoms with Gasteiger partial charge in [-0.3, -0.25) is 0 Å². The first-order valence-corrected chi connectivity index (χ1v) is 9.46. The summed E-state index contributed by atoms with van der Waals surface area (Å²) >= 11 is 0. The largest absolute Gasteiger partial charge is 0.495 e. The molecule has 0 atom stereocenters. The van der Waals surface area contributed by atoms with Crippen molar-refractivity contribution in [2.24, 2.45) is 0 Å². The Bertz CT molecular complexity index is 773. The van der Waals surface area contributed by atoms with Gasteiger partial charge in [0.05, 0.1) is 11.2 Å². The summed E-state index contributed by atoms with van der Waals surface area (Å²) in [5, 5.41) is 0. The Labute approximate surface area is 158 Å². The molecule has 0 spiro atoms. The predicted molar refractivity (Wildman–Crippen MR) is 111 cm³/mol. The monoisotopic (exact) mass is 348 g/mol. The van der Waals surface area contributed by atoms with E-state index in [4.69, 9.17) is 9.31 Å². The van der Waals surface area contributed by atoms with Crippen molar-refractivity contribution in [3.05, 3.63) is 71.3 Å². The van der Waals surface area contributed by atoms with Gasteiger partial charge in [0.2, 0.25) is 0 Å². The van der Waals surface area contributed by atoms with Crippen LogP contribution in [0, 0.1) is 6.92 Å².